The van der Waals surface area contributed by atoms with Gasteiger partial charge in [0.05, 0.1) is 11.1 Å². The predicted octanol–water partition coefficient (Wildman–Crippen LogP) is 3.98. The molecular weight excluding hydrogens is 402 g/mol. The van der Waals surface area contributed by atoms with Crippen molar-refractivity contribution in [1.29, 1.82) is 0 Å². The number of ether oxygens (including phenoxy) is 1. The minimum atomic E-state index is -0.516. The van der Waals surface area contributed by atoms with E-state index >= 15 is 0 Å². The molecule has 0 atom stereocenters. The van der Waals surface area contributed by atoms with Gasteiger partial charge < -0.3 is 15.0 Å². The Labute approximate surface area is 179 Å². The molecule has 30 heavy (non-hydrogen) atoms. The zero-order chi connectivity index (χ0) is 21.3. The number of rotatable bonds is 4. The summed E-state index contributed by atoms with van der Waals surface area (Å²) in [5.41, 5.74) is 4.50. The van der Waals surface area contributed by atoms with E-state index in [0.29, 0.717) is 22.8 Å². The van der Waals surface area contributed by atoms with Crippen LogP contribution in [0.25, 0.3) is 10.9 Å². The Bertz CT molecular complexity index is 1150. The van der Waals surface area contributed by atoms with Crippen molar-refractivity contribution in [2.45, 2.75) is 19.9 Å². The highest BCUT2D eigenvalue weighted by Gasteiger charge is 2.25. The number of pyridine rings is 1. The van der Waals surface area contributed by atoms with Gasteiger partial charge in [0.2, 0.25) is 0 Å². The predicted molar refractivity (Wildman–Crippen MR) is 117 cm³/mol. The Morgan fingerprint density at radius 3 is 2.87 bits per heavy atom. The van der Waals surface area contributed by atoms with Gasteiger partial charge in [0.15, 0.2) is 6.61 Å². The van der Waals surface area contributed by atoms with Crippen molar-refractivity contribution in [1.82, 2.24) is 9.88 Å². The minimum absolute atomic E-state index is 0.383. The third kappa shape index (κ3) is 4.15. The van der Waals surface area contributed by atoms with Gasteiger partial charge in [-0.2, -0.15) is 0 Å². The highest BCUT2D eigenvalue weighted by atomic mass is 35.5. The summed E-state index contributed by atoms with van der Waals surface area (Å²) in [7, 11) is 2.01. The first-order chi connectivity index (χ1) is 14.4. The fourth-order valence-electron chi connectivity index (χ4n) is 3.68. The van der Waals surface area contributed by atoms with Gasteiger partial charge in [-0.1, -0.05) is 35.9 Å². The maximum Gasteiger partial charge on any atom is 0.339 e. The summed E-state index contributed by atoms with van der Waals surface area (Å²) in [6.07, 6.45) is 0.769. The summed E-state index contributed by atoms with van der Waals surface area (Å²) in [6, 6.07) is 12.7. The van der Waals surface area contributed by atoms with Crippen LogP contribution < -0.4 is 5.32 Å². The normalized spacial score (nSPS) is 13.7. The number of fused-ring (bicyclic) bond motifs is 2. The molecule has 0 unspecified atom stereocenters. The van der Waals surface area contributed by atoms with Crippen molar-refractivity contribution in [3.05, 3.63) is 69.9 Å². The van der Waals surface area contributed by atoms with E-state index in [1.807, 2.05) is 44.3 Å². The number of halogens is 1. The number of likely N-dealkylation sites (N-methyl/N-ethyl adjacent to an activating group) is 1. The highest BCUT2D eigenvalue weighted by Crippen LogP contribution is 2.28. The molecule has 0 fully saturated rings. The van der Waals surface area contributed by atoms with Gasteiger partial charge >= 0.3 is 5.97 Å². The molecule has 154 valence electrons. The molecule has 0 spiro atoms. The topological polar surface area (TPSA) is 71.5 Å². The Morgan fingerprint density at radius 2 is 2.03 bits per heavy atom. The second-order valence-corrected chi connectivity index (χ2v) is 7.94. The minimum Gasteiger partial charge on any atom is -0.452 e. The lowest BCUT2D eigenvalue weighted by Crippen LogP contribution is -2.30. The number of aromatic nitrogens is 1. The molecule has 7 heteroatoms. The average Bonchev–Trinajstić information content (AvgIpc) is 2.73. The SMILES string of the molecule is Cc1ccc(Cl)cc1NC(=O)COC(=O)c1c2c(nc3ccccc13)CCN(C)C2. The first kappa shape index (κ1) is 20.3. The van der Waals surface area contributed by atoms with E-state index in [1.54, 1.807) is 12.1 Å². The quantitative estimate of drug-likeness (QED) is 0.642. The van der Waals surface area contributed by atoms with Crippen molar-refractivity contribution < 1.29 is 14.3 Å². The Morgan fingerprint density at radius 1 is 1.23 bits per heavy atom. The number of hydrogen-bond donors (Lipinski definition) is 1. The van der Waals surface area contributed by atoms with Crippen LogP contribution in [-0.4, -0.2) is 42.0 Å². The smallest absolute Gasteiger partial charge is 0.339 e. The summed E-state index contributed by atoms with van der Waals surface area (Å²) in [6.45, 7) is 2.98. The lowest BCUT2D eigenvalue weighted by molar-refractivity contribution is -0.119. The molecule has 1 aromatic heterocycles. The van der Waals surface area contributed by atoms with E-state index in [0.717, 1.165) is 40.7 Å². The van der Waals surface area contributed by atoms with E-state index in [9.17, 15) is 9.59 Å². The van der Waals surface area contributed by atoms with Crippen LogP contribution in [0.3, 0.4) is 0 Å². The molecule has 1 aliphatic rings. The van der Waals surface area contributed by atoms with E-state index in [4.69, 9.17) is 21.3 Å². The van der Waals surface area contributed by atoms with Crippen molar-refractivity contribution in [3.63, 3.8) is 0 Å². The third-order valence-corrected chi connectivity index (χ3v) is 5.48. The number of anilines is 1. The number of nitrogens with zero attached hydrogens (tertiary/aromatic N) is 2. The Hall–Kier alpha value is -2.96. The van der Waals surface area contributed by atoms with E-state index in [2.05, 4.69) is 10.2 Å². The summed E-state index contributed by atoms with van der Waals surface area (Å²) >= 11 is 6.00. The van der Waals surface area contributed by atoms with Crippen molar-refractivity contribution in [2.24, 2.45) is 0 Å². The van der Waals surface area contributed by atoms with Gasteiger partial charge in [-0.15, -0.1) is 0 Å². The second kappa shape index (κ2) is 8.42. The monoisotopic (exact) mass is 423 g/mol. The van der Waals surface area contributed by atoms with Crippen LogP contribution in [0.5, 0.6) is 0 Å². The molecule has 1 aliphatic heterocycles. The standard InChI is InChI=1S/C23H22ClN3O3/c1-14-7-8-15(24)11-20(14)26-21(28)13-30-23(29)22-16-5-3-4-6-18(16)25-19-9-10-27(2)12-17(19)22/h3-8,11H,9-10,12-13H2,1-2H3,(H,26,28). The van der Waals surface area contributed by atoms with Crippen LogP contribution in [0, 0.1) is 6.92 Å². The largest absolute Gasteiger partial charge is 0.452 e. The van der Waals surface area contributed by atoms with Crippen LogP contribution in [-0.2, 0) is 22.5 Å². The fourth-order valence-corrected chi connectivity index (χ4v) is 3.85. The number of para-hydroxylation sites is 1. The zero-order valence-corrected chi connectivity index (χ0v) is 17.6. The Kier molecular flexibility index (Phi) is 5.70. The molecule has 1 amide bonds. The van der Waals surface area contributed by atoms with Crippen molar-refractivity contribution in [3.8, 4) is 0 Å². The Balaban J connectivity index is 1.57. The number of nitrogens with one attached hydrogen (secondary N) is 1. The van der Waals surface area contributed by atoms with Crippen LogP contribution in [0.15, 0.2) is 42.5 Å². The first-order valence-corrected chi connectivity index (χ1v) is 10.1. The molecule has 0 saturated carbocycles. The number of benzene rings is 2. The van der Waals surface area contributed by atoms with Crippen molar-refractivity contribution in [2.75, 3.05) is 25.5 Å². The number of carbonyl (C=O) groups is 2. The molecule has 0 saturated heterocycles. The highest BCUT2D eigenvalue weighted by molar-refractivity contribution is 6.31. The number of aryl methyl sites for hydroxylation is 1. The molecular formula is C23H22ClN3O3. The van der Waals surface area contributed by atoms with E-state index < -0.39 is 11.9 Å². The summed E-state index contributed by atoms with van der Waals surface area (Å²) in [5, 5.41) is 4.00. The second-order valence-electron chi connectivity index (χ2n) is 7.50. The first-order valence-electron chi connectivity index (χ1n) is 9.74. The van der Waals surface area contributed by atoms with E-state index in [-0.39, 0.29) is 6.61 Å². The molecule has 2 heterocycles. The lowest BCUT2D eigenvalue weighted by Gasteiger charge is -2.26. The van der Waals surface area contributed by atoms with Gasteiger partial charge in [0.1, 0.15) is 0 Å². The molecule has 4 rings (SSSR count). The van der Waals surface area contributed by atoms with Crippen LogP contribution in [0.4, 0.5) is 5.69 Å². The summed E-state index contributed by atoms with van der Waals surface area (Å²) in [4.78, 5) is 32.3. The maximum atomic E-state index is 13.0. The maximum absolute atomic E-state index is 13.0. The number of hydrogen-bond acceptors (Lipinski definition) is 5. The summed E-state index contributed by atoms with van der Waals surface area (Å²) in [5.74, 6) is -0.934. The molecule has 1 N–H and O–H groups in total. The molecule has 0 radical (unpaired) electrons. The fraction of sp³-hybridized carbons (Fsp3) is 0.261. The number of carbonyl (C=O) groups excluding carboxylic acids is 2. The van der Waals surface area contributed by atoms with Gasteiger partial charge in [0.25, 0.3) is 5.91 Å². The van der Waals surface area contributed by atoms with Gasteiger partial charge in [-0.25, -0.2) is 4.79 Å². The van der Waals surface area contributed by atoms with Gasteiger partial charge in [0, 0.05) is 46.9 Å². The molecule has 6 nitrogen and oxygen atoms in total. The van der Waals surface area contributed by atoms with Crippen LogP contribution in [0.2, 0.25) is 5.02 Å². The van der Waals surface area contributed by atoms with Crippen LogP contribution in [0.1, 0.15) is 27.2 Å². The average molecular weight is 424 g/mol. The zero-order valence-electron chi connectivity index (χ0n) is 16.9. The van der Waals surface area contributed by atoms with Gasteiger partial charge in [-0.05, 0) is 37.7 Å². The summed E-state index contributed by atoms with van der Waals surface area (Å²) < 4.78 is 5.41. The third-order valence-electron chi connectivity index (χ3n) is 5.25. The lowest BCUT2D eigenvalue weighted by atomic mass is 9.96. The molecule has 3 aromatic rings. The molecule has 2 aromatic carbocycles. The molecule has 0 aliphatic carbocycles. The van der Waals surface area contributed by atoms with Crippen LogP contribution >= 0.6 is 11.6 Å². The van der Waals surface area contributed by atoms with E-state index in [1.165, 1.54) is 0 Å². The van der Waals surface area contributed by atoms with Crippen molar-refractivity contribution >= 4 is 40.1 Å². The van der Waals surface area contributed by atoms with Gasteiger partial charge in [-0.3, -0.25) is 9.78 Å². The number of esters is 1. The number of amides is 1. The molecule has 0 bridgehead atoms.